The van der Waals surface area contributed by atoms with E-state index in [1.54, 1.807) is 42.5 Å². The minimum absolute atomic E-state index is 0.00572. The normalized spacial score (nSPS) is 20.3. The van der Waals surface area contributed by atoms with E-state index in [2.05, 4.69) is 16.0 Å². The van der Waals surface area contributed by atoms with E-state index >= 15 is 0 Å². The number of benzene rings is 2. The first-order chi connectivity index (χ1) is 14.4. The molecule has 8 heteroatoms. The smallest absolute Gasteiger partial charge is 0.255 e. The second-order valence-electron chi connectivity index (χ2n) is 7.78. The van der Waals surface area contributed by atoms with Crippen LogP contribution in [0.25, 0.3) is 0 Å². The van der Waals surface area contributed by atoms with E-state index in [9.17, 15) is 14.4 Å². The molecule has 0 spiro atoms. The molecule has 0 bridgehead atoms. The van der Waals surface area contributed by atoms with Crippen molar-refractivity contribution in [1.82, 2.24) is 5.32 Å². The van der Waals surface area contributed by atoms with Crippen LogP contribution < -0.4 is 20.9 Å². The summed E-state index contributed by atoms with van der Waals surface area (Å²) in [5, 5.41) is 8.94. The summed E-state index contributed by atoms with van der Waals surface area (Å²) in [6.07, 6.45) is 0.908. The quantitative estimate of drug-likeness (QED) is 0.685. The zero-order chi connectivity index (χ0) is 21.3. The molecule has 2 aromatic carbocycles. The molecule has 0 radical (unpaired) electrons. The first-order valence-corrected chi connectivity index (χ1v) is 10.3. The topological polar surface area (TPSA) is 90.5 Å². The average molecular weight is 427 g/mol. The molecule has 3 amide bonds. The van der Waals surface area contributed by atoms with Gasteiger partial charge in [0.1, 0.15) is 0 Å². The Morgan fingerprint density at radius 2 is 1.90 bits per heavy atom. The van der Waals surface area contributed by atoms with Crippen molar-refractivity contribution in [3.8, 4) is 0 Å². The Morgan fingerprint density at radius 1 is 1.13 bits per heavy atom. The van der Waals surface area contributed by atoms with Crippen molar-refractivity contribution in [3.63, 3.8) is 0 Å². The lowest BCUT2D eigenvalue weighted by Gasteiger charge is -2.29. The van der Waals surface area contributed by atoms with E-state index in [0.29, 0.717) is 41.0 Å². The van der Waals surface area contributed by atoms with Gasteiger partial charge in [0.25, 0.3) is 5.91 Å². The van der Waals surface area contributed by atoms with Gasteiger partial charge in [0, 0.05) is 35.9 Å². The van der Waals surface area contributed by atoms with Crippen LogP contribution in [-0.2, 0) is 9.59 Å². The largest absolute Gasteiger partial charge is 0.359 e. The van der Waals surface area contributed by atoms with Gasteiger partial charge in [-0.05, 0) is 48.7 Å². The second kappa shape index (κ2) is 8.36. The summed E-state index contributed by atoms with van der Waals surface area (Å²) in [6.45, 7) is 3.55. The highest BCUT2D eigenvalue weighted by molar-refractivity contribution is 6.33. The number of amides is 3. The molecule has 2 fully saturated rings. The maximum atomic E-state index is 12.7. The summed E-state index contributed by atoms with van der Waals surface area (Å²) in [5.41, 5.74) is 2.34. The van der Waals surface area contributed by atoms with Crippen LogP contribution in [0.2, 0.25) is 5.02 Å². The Balaban J connectivity index is 1.42. The van der Waals surface area contributed by atoms with Crippen LogP contribution in [0, 0.1) is 11.8 Å². The van der Waals surface area contributed by atoms with E-state index < -0.39 is 0 Å². The number of nitrogens with one attached hydrogen (secondary N) is 3. The first kappa shape index (κ1) is 20.2. The Bertz CT molecular complexity index is 1010. The van der Waals surface area contributed by atoms with E-state index in [1.165, 1.54) is 0 Å². The number of nitrogens with zero attached hydrogens (tertiary/aromatic N) is 1. The summed E-state index contributed by atoms with van der Waals surface area (Å²) in [5.74, 6) is 0.135. The predicted molar refractivity (Wildman–Crippen MR) is 117 cm³/mol. The van der Waals surface area contributed by atoms with Gasteiger partial charge in [-0.2, -0.15) is 0 Å². The van der Waals surface area contributed by atoms with Gasteiger partial charge in [-0.1, -0.05) is 24.6 Å². The number of carbonyl (C=O) groups is 3. The van der Waals surface area contributed by atoms with Crippen LogP contribution in [0.4, 0.5) is 17.1 Å². The molecule has 1 heterocycles. The van der Waals surface area contributed by atoms with E-state index in [-0.39, 0.29) is 30.2 Å². The highest BCUT2D eigenvalue weighted by Gasteiger charge is 2.39. The lowest BCUT2D eigenvalue weighted by molar-refractivity contribution is -0.120. The highest BCUT2D eigenvalue weighted by Crippen LogP contribution is 2.38. The van der Waals surface area contributed by atoms with Gasteiger partial charge in [0.2, 0.25) is 11.8 Å². The van der Waals surface area contributed by atoms with E-state index in [1.807, 2.05) is 11.8 Å². The zero-order valence-electron chi connectivity index (χ0n) is 16.6. The Morgan fingerprint density at radius 3 is 2.60 bits per heavy atom. The number of hydrogen-bond acceptors (Lipinski definition) is 4. The molecule has 4 rings (SSSR count). The van der Waals surface area contributed by atoms with Gasteiger partial charge in [0.05, 0.1) is 17.3 Å². The van der Waals surface area contributed by atoms with Crippen LogP contribution in [0.3, 0.4) is 0 Å². The number of halogens is 1. The summed E-state index contributed by atoms with van der Waals surface area (Å²) in [6, 6.07) is 12.1. The summed E-state index contributed by atoms with van der Waals surface area (Å²) >= 11 is 6.40. The molecule has 2 atom stereocenters. The minimum Gasteiger partial charge on any atom is -0.359 e. The maximum absolute atomic E-state index is 12.7. The molecule has 3 N–H and O–H groups in total. The molecule has 1 saturated carbocycles. The van der Waals surface area contributed by atoms with Gasteiger partial charge in [-0.15, -0.1) is 0 Å². The predicted octanol–water partition coefficient (Wildman–Crippen LogP) is 3.12. The van der Waals surface area contributed by atoms with Gasteiger partial charge in [-0.3, -0.25) is 14.4 Å². The lowest BCUT2D eigenvalue weighted by atomic mass is 10.1. The minimum atomic E-state index is -0.299. The fourth-order valence-corrected chi connectivity index (χ4v) is 3.85. The van der Waals surface area contributed by atoms with Crippen molar-refractivity contribution >= 4 is 46.4 Å². The van der Waals surface area contributed by atoms with Crippen molar-refractivity contribution < 1.29 is 14.4 Å². The third-order valence-corrected chi connectivity index (χ3v) is 5.73. The van der Waals surface area contributed by atoms with Gasteiger partial charge < -0.3 is 20.9 Å². The Hall–Kier alpha value is -3.06. The molecule has 2 aromatic rings. The highest BCUT2D eigenvalue weighted by atomic mass is 35.5. The SMILES string of the molecule is CC1CC1C(=O)Nc1cccc(C(=O)Nc2ccc(N3CCNC(=O)C3)c(Cl)c2)c1. The van der Waals surface area contributed by atoms with Crippen molar-refractivity contribution in [2.24, 2.45) is 11.8 Å². The van der Waals surface area contributed by atoms with E-state index in [0.717, 1.165) is 12.1 Å². The fourth-order valence-electron chi connectivity index (χ4n) is 3.55. The molecular formula is C22H23ClN4O3. The molecule has 7 nitrogen and oxygen atoms in total. The third-order valence-electron chi connectivity index (χ3n) is 5.42. The lowest BCUT2D eigenvalue weighted by Crippen LogP contribution is -2.47. The molecule has 0 aromatic heterocycles. The molecule has 156 valence electrons. The van der Waals surface area contributed by atoms with Gasteiger partial charge >= 0.3 is 0 Å². The third kappa shape index (κ3) is 4.57. The van der Waals surface area contributed by atoms with E-state index in [4.69, 9.17) is 11.6 Å². The Labute approximate surface area is 179 Å². The summed E-state index contributed by atoms with van der Waals surface area (Å²) in [4.78, 5) is 38.3. The maximum Gasteiger partial charge on any atom is 0.255 e. The van der Waals surface area contributed by atoms with Crippen LogP contribution in [0.1, 0.15) is 23.7 Å². The zero-order valence-corrected chi connectivity index (χ0v) is 17.3. The number of anilines is 3. The molecular weight excluding hydrogens is 404 g/mol. The van der Waals surface area contributed by atoms with Crippen molar-refractivity contribution in [2.45, 2.75) is 13.3 Å². The summed E-state index contributed by atoms with van der Waals surface area (Å²) in [7, 11) is 0. The number of hydrogen-bond donors (Lipinski definition) is 3. The molecule has 30 heavy (non-hydrogen) atoms. The van der Waals surface area contributed by atoms with Gasteiger partial charge in [0.15, 0.2) is 0 Å². The van der Waals surface area contributed by atoms with Crippen LogP contribution >= 0.6 is 11.6 Å². The average Bonchev–Trinajstić information content (AvgIpc) is 3.45. The molecule has 2 aliphatic rings. The van der Waals surface area contributed by atoms with Crippen LogP contribution in [-0.4, -0.2) is 37.4 Å². The molecule has 1 aliphatic carbocycles. The van der Waals surface area contributed by atoms with Crippen molar-refractivity contribution in [1.29, 1.82) is 0 Å². The molecule has 1 aliphatic heterocycles. The number of rotatable bonds is 5. The first-order valence-electron chi connectivity index (χ1n) is 9.94. The fraction of sp³-hybridized carbons (Fsp3) is 0.318. The van der Waals surface area contributed by atoms with Crippen molar-refractivity contribution in [3.05, 3.63) is 53.1 Å². The number of piperazine rings is 1. The number of carbonyl (C=O) groups excluding carboxylic acids is 3. The van der Waals surface area contributed by atoms with Gasteiger partial charge in [-0.25, -0.2) is 0 Å². The Kier molecular flexibility index (Phi) is 5.63. The van der Waals surface area contributed by atoms with Crippen LogP contribution in [0.5, 0.6) is 0 Å². The standard InChI is InChI=1S/C22H23ClN4O3/c1-13-9-17(13)22(30)26-15-4-2-3-14(10-15)21(29)25-16-5-6-19(18(23)11-16)27-8-7-24-20(28)12-27/h2-6,10-11,13,17H,7-9,12H2,1H3,(H,24,28)(H,25,29)(H,26,30). The summed E-state index contributed by atoms with van der Waals surface area (Å²) < 4.78 is 0. The molecule has 1 saturated heterocycles. The van der Waals surface area contributed by atoms with Crippen molar-refractivity contribution in [2.75, 3.05) is 35.2 Å². The molecule has 2 unspecified atom stereocenters. The monoisotopic (exact) mass is 426 g/mol. The van der Waals surface area contributed by atoms with Crippen LogP contribution in [0.15, 0.2) is 42.5 Å². The second-order valence-corrected chi connectivity index (χ2v) is 8.19.